The summed E-state index contributed by atoms with van der Waals surface area (Å²) < 4.78 is 5.65. The molecule has 25 heavy (non-hydrogen) atoms. The molecule has 1 atom stereocenters. The number of anilines is 1. The van der Waals surface area contributed by atoms with E-state index in [4.69, 9.17) is 4.74 Å². The van der Waals surface area contributed by atoms with E-state index in [0.717, 1.165) is 11.3 Å². The first-order valence-corrected chi connectivity index (χ1v) is 8.33. The number of carbonyl (C=O) groups is 2. The highest BCUT2D eigenvalue weighted by Crippen LogP contribution is 2.28. The van der Waals surface area contributed by atoms with Crippen LogP contribution in [-0.2, 0) is 9.59 Å². The van der Waals surface area contributed by atoms with Gasteiger partial charge in [0.2, 0.25) is 11.8 Å². The van der Waals surface area contributed by atoms with Gasteiger partial charge >= 0.3 is 0 Å². The van der Waals surface area contributed by atoms with Gasteiger partial charge in [-0.1, -0.05) is 36.4 Å². The fraction of sp³-hybridized carbons (Fsp3) is 0.300. The lowest BCUT2D eigenvalue weighted by molar-refractivity contribution is -0.121. The van der Waals surface area contributed by atoms with Crippen molar-refractivity contribution in [1.82, 2.24) is 5.32 Å². The monoisotopic (exact) mass is 340 g/mol. The zero-order valence-electron chi connectivity index (χ0n) is 14.9. The lowest BCUT2D eigenvalue weighted by Gasteiger charge is -2.24. The highest BCUT2D eigenvalue weighted by Gasteiger charge is 2.23. The molecule has 0 spiro atoms. The summed E-state index contributed by atoms with van der Waals surface area (Å²) in [6.45, 7) is 3.86. The molecule has 0 saturated heterocycles. The van der Waals surface area contributed by atoms with E-state index in [1.807, 2.05) is 61.5 Å². The molecular formula is C20H24N2O3. The van der Waals surface area contributed by atoms with Crippen molar-refractivity contribution in [3.8, 4) is 5.75 Å². The summed E-state index contributed by atoms with van der Waals surface area (Å²) in [5.74, 6) is 0.404. The van der Waals surface area contributed by atoms with Gasteiger partial charge < -0.3 is 15.0 Å². The minimum Gasteiger partial charge on any atom is -0.494 e. The van der Waals surface area contributed by atoms with E-state index in [2.05, 4.69) is 5.32 Å². The normalized spacial score (nSPS) is 11.5. The Morgan fingerprint density at radius 1 is 1.08 bits per heavy atom. The van der Waals surface area contributed by atoms with Crippen LogP contribution in [-0.4, -0.2) is 25.5 Å². The van der Waals surface area contributed by atoms with Gasteiger partial charge in [0.05, 0.1) is 19.1 Å². The Morgan fingerprint density at radius 2 is 1.72 bits per heavy atom. The van der Waals surface area contributed by atoms with Crippen molar-refractivity contribution >= 4 is 17.5 Å². The van der Waals surface area contributed by atoms with Gasteiger partial charge in [-0.3, -0.25) is 9.59 Å². The van der Waals surface area contributed by atoms with Crippen LogP contribution in [0.1, 0.15) is 31.9 Å². The van der Waals surface area contributed by atoms with Crippen molar-refractivity contribution < 1.29 is 14.3 Å². The van der Waals surface area contributed by atoms with Gasteiger partial charge in [0, 0.05) is 25.2 Å². The molecule has 5 nitrogen and oxygen atoms in total. The minimum absolute atomic E-state index is 0.0868. The number of para-hydroxylation sites is 2. The predicted molar refractivity (Wildman–Crippen MR) is 98.6 cm³/mol. The molecule has 0 unspecified atom stereocenters. The Kier molecular flexibility index (Phi) is 6.57. The third-order valence-electron chi connectivity index (χ3n) is 3.87. The van der Waals surface area contributed by atoms with Crippen molar-refractivity contribution in [2.45, 2.75) is 26.3 Å². The SMILES string of the molecule is CCOc1ccccc1[C@@H](CC(=O)N(C)c1ccccc1)NC(C)=O. The van der Waals surface area contributed by atoms with Crippen molar-refractivity contribution in [2.24, 2.45) is 0 Å². The van der Waals surface area contributed by atoms with Gasteiger partial charge in [0.25, 0.3) is 0 Å². The molecule has 0 aliphatic rings. The van der Waals surface area contributed by atoms with Crippen molar-refractivity contribution in [1.29, 1.82) is 0 Å². The summed E-state index contributed by atoms with van der Waals surface area (Å²) in [6.07, 6.45) is 0.148. The Morgan fingerprint density at radius 3 is 2.36 bits per heavy atom. The molecule has 0 heterocycles. The summed E-state index contributed by atoms with van der Waals surface area (Å²) in [5.41, 5.74) is 1.61. The molecular weight excluding hydrogens is 316 g/mol. The summed E-state index contributed by atoms with van der Waals surface area (Å²) >= 11 is 0. The smallest absolute Gasteiger partial charge is 0.229 e. The second kappa shape index (κ2) is 8.87. The van der Waals surface area contributed by atoms with Crippen molar-refractivity contribution in [2.75, 3.05) is 18.6 Å². The zero-order valence-corrected chi connectivity index (χ0v) is 14.9. The van der Waals surface area contributed by atoms with Crippen LogP contribution in [0.2, 0.25) is 0 Å². The summed E-state index contributed by atoms with van der Waals surface area (Å²) in [7, 11) is 1.73. The van der Waals surface area contributed by atoms with E-state index in [1.165, 1.54) is 6.92 Å². The lowest BCUT2D eigenvalue weighted by Crippen LogP contribution is -2.34. The van der Waals surface area contributed by atoms with Crippen molar-refractivity contribution in [3.63, 3.8) is 0 Å². The highest BCUT2D eigenvalue weighted by atomic mass is 16.5. The first-order chi connectivity index (χ1) is 12.0. The molecule has 2 aromatic rings. The lowest BCUT2D eigenvalue weighted by atomic mass is 10.0. The average Bonchev–Trinajstić information content (AvgIpc) is 2.61. The average molecular weight is 340 g/mol. The summed E-state index contributed by atoms with van der Waals surface area (Å²) in [4.78, 5) is 25.9. The van der Waals surface area contributed by atoms with E-state index in [-0.39, 0.29) is 18.2 Å². The van der Waals surface area contributed by atoms with Crippen molar-refractivity contribution in [3.05, 3.63) is 60.2 Å². The van der Waals surface area contributed by atoms with E-state index in [0.29, 0.717) is 12.4 Å². The number of nitrogens with one attached hydrogen (secondary N) is 1. The van der Waals surface area contributed by atoms with Gasteiger partial charge in [-0.25, -0.2) is 0 Å². The van der Waals surface area contributed by atoms with E-state index in [9.17, 15) is 9.59 Å². The van der Waals surface area contributed by atoms with Gasteiger partial charge in [-0.2, -0.15) is 0 Å². The number of nitrogens with zero attached hydrogens (tertiary/aromatic N) is 1. The van der Waals surface area contributed by atoms with Crippen LogP contribution in [0.25, 0.3) is 0 Å². The number of ether oxygens (including phenoxy) is 1. The standard InChI is InChI=1S/C20H24N2O3/c1-4-25-19-13-9-8-12-17(19)18(21-15(2)23)14-20(24)22(3)16-10-6-5-7-11-16/h5-13,18H,4,14H2,1-3H3,(H,21,23)/t18-/m1/s1. The molecule has 0 fully saturated rings. The van der Waals surface area contributed by atoms with E-state index < -0.39 is 6.04 Å². The molecule has 2 aromatic carbocycles. The fourth-order valence-electron chi connectivity index (χ4n) is 2.65. The molecule has 0 aliphatic heterocycles. The maximum Gasteiger partial charge on any atom is 0.229 e. The number of rotatable bonds is 7. The third-order valence-corrected chi connectivity index (χ3v) is 3.87. The maximum absolute atomic E-state index is 12.7. The number of carbonyl (C=O) groups excluding carboxylic acids is 2. The predicted octanol–water partition coefficient (Wildman–Crippen LogP) is 3.32. The first-order valence-electron chi connectivity index (χ1n) is 8.33. The topological polar surface area (TPSA) is 58.6 Å². The maximum atomic E-state index is 12.7. The number of hydrogen-bond acceptors (Lipinski definition) is 3. The molecule has 1 N–H and O–H groups in total. The van der Waals surface area contributed by atoms with Crippen LogP contribution in [0.15, 0.2) is 54.6 Å². The molecule has 0 radical (unpaired) electrons. The minimum atomic E-state index is -0.445. The molecule has 0 bridgehead atoms. The fourth-order valence-corrected chi connectivity index (χ4v) is 2.65. The third kappa shape index (κ3) is 5.08. The molecule has 132 valence electrons. The molecule has 0 aliphatic carbocycles. The first kappa shape index (κ1) is 18.5. The van der Waals surface area contributed by atoms with Gasteiger partial charge in [-0.15, -0.1) is 0 Å². The van der Waals surface area contributed by atoms with Crippen LogP contribution in [0, 0.1) is 0 Å². The van der Waals surface area contributed by atoms with Gasteiger partial charge in [0.15, 0.2) is 0 Å². The Balaban J connectivity index is 2.23. The highest BCUT2D eigenvalue weighted by molar-refractivity contribution is 5.93. The number of hydrogen-bond donors (Lipinski definition) is 1. The molecule has 0 saturated carbocycles. The van der Waals surface area contributed by atoms with Crippen LogP contribution >= 0.6 is 0 Å². The summed E-state index contributed by atoms with van der Waals surface area (Å²) in [6, 6.07) is 16.4. The van der Waals surface area contributed by atoms with Gasteiger partial charge in [0.1, 0.15) is 5.75 Å². The second-order valence-electron chi connectivity index (χ2n) is 5.72. The second-order valence-corrected chi connectivity index (χ2v) is 5.72. The van der Waals surface area contributed by atoms with E-state index >= 15 is 0 Å². The van der Waals surface area contributed by atoms with Gasteiger partial charge in [-0.05, 0) is 25.1 Å². The quantitative estimate of drug-likeness (QED) is 0.841. The van der Waals surface area contributed by atoms with Crippen LogP contribution in [0.4, 0.5) is 5.69 Å². The molecule has 2 amide bonds. The Hall–Kier alpha value is -2.82. The summed E-state index contributed by atoms with van der Waals surface area (Å²) in [5, 5.41) is 2.87. The zero-order chi connectivity index (χ0) is 18.2. The van der Waals surface area contributed by atoms with Crippen LogP contribution < -0.4 is 15.0 Å². The number of benzene rings is 2. The Bertz CT molecular complexity index is 716. The molecule has 2 rings (SSSR count). The Labute approximate surface area is 148 Å². The van der Waals surface area contributed by atoms with Crippen LogP contribution in [0.5, 0.6) is 5.75 Å². The molecule has 0 aromatic heterocycles. The van der Waals surface area contributed by atoms with E-state index in [1.54, 1.807) is 11.9 Å². The van der Waals surface area contributed by atoms with Crippen LogP contribution in [0.3, 0.4) is 0 Å². The molecule has 5 heteroatoms. The number of amides is 2. The largest absolute Gasteiger partial charge is 0.494 e.